The van der Waals surface area contributed by atoms with Gasteiger partial charge in [-0.1, -0.05) is 13.8 Å². The summed E-state index contributed by atoms with van der Waals surface area (Å²) >= 11 is 0. The van der Waals surface area contributed by atoms with E-state index < -0.39 is 0 Å². The summed E-state index contributed by atoms with van der Waals surface area (Å²) in [6.45, 7) is 5.73. The highest BCUT2D eigenvalue weighted by Crippen LogP contribution is 2.23. The molecule has 1 rings (SSSR count). The number of carbonyl (C=O) groups excluding carboxylic acids is 2. The molecule has 1 aliphatic heterocycles. The number of nitrogens with zero attached hydrogens (tertiary/aromatic N) is 1. The van der Waals surface area contributed by atoms with Crippen molar-refractivity contribution in [2.45, 2.75) is 20.3 Å². The van der Waals surface area contributed by atoms with E-state index in [1.54, 1.807) is 4.90 Å². The van der Waals surface area contributed by atoms with E-state index in [2.05, 4.69) is 5.32 Å². The van der Waals surface area contributed by atoms with Crippen molar-refractivity contribution in [1.82, 2.24) is 10.2 Å². The van der Waals surface area contributed by atoms with E-state index in [0.29, 0.717) is 19.6 Å². The topological polar surface area (TPSA) is 58.6 Å². The molecule has 5 nitrogen and oxygen atoms in total. The summed E-state index contributed by atoms with van der Waals surface area (Å²) in [6, 6.07) is -0.0832. The number of hydrogen-bond acceptors (Lipinski definition) is 3. The molecule has 16 heavy (non-hydrogen) atoms. The molecule has 1 fully saturated rings. The van der Waals surface area contributed by atoms with Crippen LogP contribution in [-0.4, -0.2) is 43.6 Å². The summed E-state index contributed by atoms with van der Waals surface area (Å²) in [5.41, 5.74) is 0. The van der Waals surface area contributed by atoms with Crippen LogP contribution in [0, 0.1) is 11.8 Å². The van der Waals surface area contributed by atoms with Crippen LogP contribution in [0.1, 0.15) is 20.3 Å². The zero-order valence-electron chi connectivity index (χ0n) is 10.2. The van der Waals surface area contributed by atoms with Gasteiger partial charge in [0.25, 0.3) is 0 Å². The van der Waals surface area contributed by atoms with Crippen molar-refractivity contribution in [1.29, 1.82) is 0 Å². The summed E-state index contributed by atoms with van der Waals surface area (Å²) in [4.78, 5) is 24.8. The second-order valence-corrected chi connectivity index (χ2v) is 4.24. The van der Waals surface area contributed by atoms with Gasteiger partial charge < -0.3 is 15.0 Å². The lowest BCUT2D eigenvalue weighted by molar-refractivity contribution is -0.145. The molecule has 5 heteroatoms. The zero-order valence-corrected chi connectivity index (χ0v) is 10.2. The first-order chi connectivity index (χ1) is 7.60. The number of nitrogens with one attached hydrogen (secondary N) is 1. The van der Waals surface area contributed by atoms with Crippen molar-refractivity contribution in [3.8, 4) is 0 Å². The molecule has 0 aromatic heterocycles. The van der Waals surface area contributed by atoms with Crippen LogP contribution in [0.5, 0.6) is 0 Å². The molecule has 0 bridgehead atoms. The van der Waals surface area contributed by atoms with Crippen molar-refractivity contribution in [2.75, 3.05) is 26.7 Å². The molecule has 0 aliphatic carbocycles. The van der Waals surface area contributed by atoms with Crippen LogP contribution in [0.3, 0.4) is 0 Å². The standard InChI is InChI=1S/C11H20N2O3/c1-4-5-12-11(15)13-6-8(2)9(7-13)10(14)16-3/h8-9H,4-7H2,1-3H3,(H,12,15). The van der Waals surface area contributed by atoms with Crippen molar-refractivity contribution < 1.29 is 14.3 Å². The van der Waals surface area contributed by atoms with Crippen LogP contribution in [0.2, 0.25) is 0 Å². The van der Waals surface area contributed by atoms with E-state index in [1.165, 1.54) is 7.11 Å². The third-order valence-electron chi connectivity index (χ3n) is 2.93. The summed E-state index contributed by atoms with van der Waals surface area (Å²) in [6.07, 6.45) is 0.912. The maximum Gasteiger partial charge on any atom is 0.317 e. The molecular formula is C11H20N2O3. The van der Waals surface area contributed by atoms with E-state index in [9.17, 15) is 9.59 Å². The average Bonchev–Trinajstić information content (AvgIpc) is 2.67. The van der Waals surface area contributed by atoms with Crippen LogP contribution in [0.4, 0.5) is 4.79 Å². The quantitative estimate of drug-likeness (QED) is 0.728. The van der Waals surface area contributed by atoms with Gasteiger partial charge in [0.05, 0.1) is 13.0 Å². The van der Waals surface area contributed by atoms with Gasteiger partial charge in [-0.15, -0.1) is 0 Å². The first kappa shape index (κ1) is 12.8. The van der Waals surface area contributed by atoms with Crippen molar-refractivity contribution in [3.63, 3.8) is 0 Å². The maximum absolute atomic E-state index is 11.7. The average molecular weight is 228 g/mol. The number of hydrogen-bond donors (Lipinski definition) is 1. The summed E-state index contributed by atoms with van der Waals surface area (Å²) < 4.78 is 4.72. The monoisotopic (exact) mass is 228 g/mol. The molecule has 2 unspecified atom stereocenters. The van der Waals surface area contributed by atoms with Gasteiger partial charge in [-0.25, -0.2) is 4.79 Å². The predicted molar refractivity (Wildman–Crippen MR) is 59.9 cm³/mol. The van der Waals surface area contributed by atoms with Gasteiger partial charge in [-0.3, -0.25) is 4.79 Å². The Bertz CT molecular complexity index is 268. The Balaban J connectivity index is 2.49. The molecule has 92 valence electrons. The molecule has 2 amide bonds. The van der Waals surface area contributed by atoms with Crippen molar-refractivity contribution in [2.24, 2.45) is 11.8 Å². The van der Waals surface area contributed by atoms with Crippen molar-refractivity contribution in [3.05, 3.63) is 0 Å². The molecule has 1 aliphatic rings. The number of esters is 1. The lowest BCUT2D eigenvalue weighted by atomic mass is 9.99. The Morgan fingerprint density at radius 2 is 2.12 bits per heavy atom. The SMILES string of the molecule is CCCNC(=O)N1CC(C)C(C(=O)OC)C1. The molecule has 2 atom stereocenters. The van der Waals surface area contributed by atoms with Gasteiger partial charge in [-0.05, 0) is 12.3 Å². The van der Waals surface area contributed by atoms with E-state index >= 15 is 0 Å². The third kappa shape index (κ3) is 2.87. The lowest BCUT2D eigenvalue weighted by Crippen LogP contribution is -2.39. The van der Waals surface area contributed by atoms with Gasteiger partial charge in [0.15, 0.2) is 0 Å². The van der Waals surface area contributed by atoms with Crippen LogP contribution < -0.4 is 5.32 Å². The van der Waals surface area contributed by atoms with Gasteiger partial charge in [0.1, 0.15) is 0 Å². The molecule has 0 aromatic rings. The summed E-state index contributed by atoms with van der Waals surface area (Å²) in [7, 11) is 1.38. The van der Waals surface area contributed by atoms with Crippen LogP contribution in [0.25, 0.3) is 0 Å². The molecule has 1 heterocycles. The third-order valence-corrected chi connectivity index (χ3v) is 2.93. The summed E-state index contributed by atoms with van der Waals surface area (Å²) in [5, 5.41) is 2.81. The number of likely N-dealkylation sites (tertiary alicyclic amines) is 1. The van der Waals surface area contributed by atoms with E-state index in [1.807, 2.05) is 13.8 Å². The smallest absolute Gasteiger partial charge is 0.317 e. The maximum atomic E-state index is 11.7. The Labute approximate surface area is 96.1 Å². The normalized spacial score (nSPS) is 24.3. The first-order valence-corrected chi connectivity index (χ1v) is 5.70. The Morgan fingerprint density at radius 3 is 2.69 bits per heavy atom. The number of amides is 2. The second-order valence-electron chi connectivity index (χ2n) is 4.24. The minimum absolute atomic E-state index is 0.0832. The molecule has 0 radical (unpaired) electrons. The molecule has 0 saturated carbocycles. The highest BCUT2D eigenvalue weighted by molar-refractivity contribution is 5.78. The molecule has 1 N–H and O–H groups in total. The number of rotatable bonds is 3. The summed E-state index contributed by atoms with van der Waals surface area (Å²) in [5.74, 6) is -0.240. The minimum atomic E-state index is -0.224. The lowest BCUT2D eigenvalue weighted by Gasteiger charge is -2.16. The van der Waals surface area contributed by atoms with Gasteiger partial charge in [-0.2, -0.15) is 0 Å². The molecular weight excluding hydrogens is 208 g/mol. The number of urea groups is 1. The number of methoxy groups -OCH3 is 1. The fraction of sp³-hybridized carbons (Fsp3) is 0.818. The molecule has 1 saturated heterocycles. The highest BCUT2D eigenvalue weighted by atomic mass is 16.5. The minimum Gasteiger partial charge on any atom is -0.469 e. The number of carbonyl (C=O) groups is 2. The van der Waals surface area contributed by atoms with Crippen molar-refractivity contribution >= 4 is 12.0 Å². The zero-order chi connectivity index (χ0) is 12.1. The van der Waals surface area contributed by atoms with Crippen LogP contribution >= 0.6 is 0 Å². The number of ether oxygens (including phenoxy) is 1. The Kier molecular flexibility index (Phi) is 4.58. The fourth-order valence-electron chi connectivity index (χ4n) is 1.93. The fourth-order valence-corrected chi connectivity index (χ4v) is 1.93. The van der Waals surface area contributed by atoms with Gasteiger partial charge >= 0.3 is 12.0 Å². The van der Waals surface area contributed by atoms with Crippen LogP contribution in [0.15, 0.2) is 0 Å². The molecule has 0 spiro atoms. The highest BCUT2D eigenvalue weighted by Gasteiger charge is 2.37. The Morgan fingerprint density at radius 1 is 1.44 bits per heavy atom. The van der Waals surface area contributed by atoms with E-state index in [4.69, 9.17) is 4.74 Å². The van der Waals surface area contributed by atoms with E-state index in [0.717, 1.165) is 6.42 Å². The van der Waals surface area contributed by atoms with Gasteiger partial charge in [0.2, 0.25) is 0 Å². The second kappa shape index (κ2) is 5.72. The van der Waals surface area contributed by atoms with E-state index in [-0.39, 0.29) is 23.8 Å². The molecule has 0 aromatic carbocycles. The first-order valence-electron chi connectivity index (χ1n) is 5.70. The predicted octanol–water partition coefficient (Wildman–Crippen LogP) is 0.847. The Hall–Kier alpha value is -1.26. The largest absolute Gasteiger partial charge is 0.469 e. The van der Waals surface area contributed by atoms with Crippen LogP contribution in [-0.2, 0) is 9.53 Å². The van der Waals surface area contributed by atoms with Gasteiger partial charge in [0, 0.05) is 19.6 Å².